The lowest BCUT2D eigenvalue weighted by Gasteiger charge is -2.19. The van der Waals surface area contributed by atoms with E-state index in [4.69, 9.17) is 4.74 Å². The Morgan fingerprint density at radius 2 is 1.75 bits per heavy atom. The Morgan fingerprint density at radius 1 is 1.09 bits per heavy atom. The molecule has 2 rings (SSSR count). The number of nitrogens with one attached hydrogen (secondary N) is 1. The fraction of sp³-hybridized carbons (Fsp3) is 0.704. The highest BCUT2D eigenvalue weighted by Gasteiger charge is 2.38. The van der Waals surface area contributed by atoms with Crippen molar-refractivity contribution in [3.63, 3.8) is 0 Å². The first kappa shape index (κ1) is 26.5. The van der Waals surface area contributed by atoms with E-state index in [9.17, 15) is 10.1 Å². The van der Waals surface area contributed by atoms with Gasteiger partial charge in [0.1, 0.15) is 0 Å². The van der Waals surface area contributed by atoms with E-state index >= 15 is 0 Å². The molecule has 5 heteroatoms. The minimum Gasteiger partial charge on any atom is -0.377 e. The van der Waals surface area contributed by atoms with Crippen LogP contribution in [-0.4, -0.2) is 25.3 Å². The summed E-state index contributed by atoms with van der Waals surface area (Å²) in [6.45, 7) is 5.99. The third-order valence-electron chi connectivity index (χ3n) is 6.88. The number of carbonyl (C=O) groups excluding carboxylic acids is 1. The molecule has 1 heterocycles. The second kappa shape index (κ2) is 15.9. The van der Waals surface area contributed by atoms with Crippen molar-refractivity contribution in [3.8, 4) is 5.97 Å². The second-order valence-electron chi connectivity index (χ2n) is 9.79. The van der Waals surface area contributed by atoms with E-state index in [1.165, 1.54) is 37.7 Å². The largest absolute Gasteiger partial charge is 0.377 e. The monoisotopic (exact) mass is 438 g/mol. The van der Waals surface area contributed by atoms with Crippen LogP contribution in [0.5, 0.6) is 0 Å². The number of hydrogen-bond donors (Lipinski definition) is 1. The number of amides is 1. The minimum absolute atomic E-state index is 0.163. The number of ether oxygens (including phenoxy) is 1. The Balaban J connectivity index is 1.37. The van der Waals surface area contributed by atoms with E-state index in [1.807, 2.05) is 6.07 Å². The first-order chi connectivity index (χ1) is 15.6. The summed E-state index contributed by atoms with van der Waals surface area (Å²) in [7, 11) is 0. The first-order valence-corrected chi connectivity index (χ1v) is 12.9. The predicted molar refractivity (Wildman–Crippen MR) is 134 cm³/mol. The van der Waals surface area contributed by atoms with E-state index < -0.39 is 0 Å². The fourth-order valence-electron chi connectivity index (χ4n) is 4.97. The zero-order valence-electron chi connectivity index (χ0n) is 20.4. The summed E-state index contributed by atoms with van der Waals surface area (Å²) in [6.07, 6.45) is 13.4. The Hall–Kier alpha value is -1.80. The van der Waals surface area contributed by atoms with Gasteiger partial charge in [-0.25, -0.2) is 5.26 Å². The van der Waals surface area contributed by atoms with Crippen molar-refractivity contribution >= 4 is 12.6 Å². The van der Waals surface area contributed by atoms with Crippen LogP contribution in [0.25, 0.3) is 0 Å². The molecule has 0 radical (unpaired) electrons. The number of rotatable bonds is 16. The standard InChI is InChI=1S/C27H43BN2O2/c1-23-17-18-26(28(23)22-29)20-24(2)30-27(31)16-12-7-5-3-4-6-8-13-19-32-21-25-14-10-9-11-15-25/h9-11,14-15,23-24,26H,3-8,12-13,16-21H2,1-2H3,(H,30,31). The van der Waals surface area contributed by atoms with E-state index in [-0.39, 0.29) is 18.7 Å². The molecule has 1 aliphatic heterocycles. The zero-order chi connectivity index (χ0) is 23.0. The number of unbranched alkanes of at least 4 members (excludes halogenated alkanes) is 7. The first-order valence-electron chi connectivity index (χ1n) is 12.9. The van der Waals surface area contributed by atoms with Gasteiger partial charge in [-0.3, -0.25) is 4.79 Å². The molecule has 1 amide bonds. The summed E-state index contributed by atoms with van der Waals surface area (Å²) in [6, 6.07) is 10.5. The Labute approximate surface area is 196 Å². The lowest BCUT2D eigenvalue weighted by Crippen LogP contribution is -2.34. The number of hydrogen-bond acceptors (Lipinski definition) is 3. The molecular formula is C27H43BN2O2. The zero-order valence-corrected chi connectivity index (χ0v) is 20.4. The third kappa shape index (κ3) is 10.7. The summed E-state index contributed by atoms with van der Waals surface area (Å²) in [5.74, 6) is 3.60. The van der Waals surface area contributed by atoms with Gasteiger partial charge >= 0.3 is 0 Å². The smallest absolute Gasteiger partial charge is 0.273 e. The highest BCUT2D eigenvalue weighted by Crippen LogP contribution is 2.40. The molecule has 4 nitrogen and oxygen atoms in total. The van der Waals surface area contributed by atoms with Gasteiger partial charge in [0.25, 0.3) is 6.71 Å². The molecule has 0 aliphatic carbocycles. The van der Waals surface area contributed by atoms with Crippen molar-refractivity contribution in [2.75, 3.05) is 6.61 Å². The van der Waals surface area contributed by atoms with Gasteiger partial charge in [-0.1, -0.05) is 94.4 Å². The van der Waals surface area contributed by atoms with E-state index in [0.29, 0.717) is 24.7 Å². The number of carbonyl (C=O) groups is 1. The van der Waals surface area contributed by atoms with Crippen molar-refractivity contribution in [1.29, 1.82) is 5.26 Å². The highest BCUT2D eigenvalue weighted by molar-refractivity contribution is 6.70. The summed E-state index contributed by atoms with van der Waals surface area (Å²) in [5, 5.41) is 12.5. The molecule has 176 valence electrons. The summed E-state index contributed by atoms with van der Waals surface area (Å²) in [4.78, 5) is 12.2. The normalized spacial score (nSPS) is 19.0. The number of nitriles is 1. The predicted octanol–water partition coefficient (Wildman–Crippen LogP) is 6.72. The average Bonchev–Trinajstić information content (AvgIpc) is 3.13. The van der Waals surface area contributed by atoms with Crippen LogP contribution in [0, 0.1) is 11.2 Å². The molecule has 1 aliphatic rings. The van der Waals surface area contributed by atoms with Crippen molar-refractivity contribution in [3.05, 3.63) is 35.9 Å². The Bertz CT molecular complexity index is 676. The van der Waals surface area contributed by atoms with E-state index in [2.05, 4.69) is 49.4 Å². The maximum Gasteiger partial charge on any atom is 0.273 e. The number of nitrogens with zero attached hydrogens (tertiary/aromatic N) is 1. The molecule has 1 aromatic carbocycles. The molecule has 1 fully saturated rings. The quantitative estimate of drug-likeness (QED) is 0.230. The van der Waals surface area contributed by atoms with E-state index in [0.717, 1.165) is 45.1 Å². The van der Waals surface area contributed by atoms with Crippen LogP contribution in [0.3, 0.4) is 0 Å². The van der Waals surface area contributed by atoms with Crippen LogP contribution >= 0.6 is 0 Å². The SMILES string of the molecule is CC(CC1CCC(C)B1C#N)NC(=O)CCCCCCCCCCOCc1ccccc1. The summed E-state index contributed by atoms with van der Waals surface area (Å²) < 4.78 is 5.73. The summed E-state index contributed by atoms with van der Waals surface area (Å²) >= 11 is 0. The Kier molecular flexibility index (Phi) is 13.2. The minimum atomic E-state index is 0.163. The van der Waals surface area contributed by atoms with Gasteiger partial charge in [-0.05, 0) is 37.6 Å². The third-order valence-corrected chi connectivity index (χ3v) is 6.88. The van der Waals surface area contributed by atoms with Crippen LogP contribution in [0.2, 0.25) is 11.6 Å². The maximum absolute atomic E-state index is 12.2. The molecule has 32 heavy (non-hydrogen) atoms. The number of benzene rings is 1. The van der Waals surface area contributed by atoms with Gasteiger partial charge < -0.3 is 10.1 Å². The lowest BCUT2D eigenvalue weighted by molar-refractivity contribution is -0.121. The Morgan fingerprint density at radius 3 is 2.44 bits per heavy atom. The van der Waals surface area contributed by atoms with Crippen molar-refractivity contribution in [1.82, 2.24) is 5.32 Å². The molecule has 1 aromatic rings. The molecule has 1 saturated heterocycles. The lowest BCUT2D eigenvalue weighted by atomic mass is 9.38. The van der Waals surface area contributed by atoms with Crippen molar-refractivity contribution < 1.29 is 9.53 Å². The van der Waals surface area contributed by atoms with Gasteiger partial charge in [-0.2, -0.15) is 0 Å². The average molecular weight is 438 g/mol. The maximum atomic E-state index is 12.2. The van der Waals surface area contributed by atoms with Crippen LogP contribution < -0.4 is 5.32 Å². The molecule has 1 N–H and O–H groups in total. The molecule has 0 saturated carbocycles. The summed E-state index contributed by atoms with van der Waals surface area (Å²) in [5.41, 5.74) is 1.24. The van der Waals surface area contributed by atoms with Gasteiger partial charge in [0.15, 0.2) is 0 Å². The molecule has 3 atom stereocenters. The van der Waals surface area contributed by atoms with Crippen LogP contribution in [0.15, 0.2) is 30.3 Å². The fourth-order valence-corrected chi connectivity index (χ4v) is 4.97. The van der Waals surface area contributed by atoms with Crippen molar-refractivity contribution in [2.24, 2.45) is 0 Å². The molecular weight excluding hydrogens is 395 g/mol. The van der Waals surface area contributed by atoms with Crippen LogP contribution in [0.4, 0.5) is 0 Å². The molecule has 0 bridgehead atoms. The van der Waals surface area contributed by atoms with Gasteiger partial charge in [0.05, 0.1) is 6.61 Å². The van der Waals surface area contributed by atoms with Crippen LogP contribution in [0.1, 0.15) is 96.5 Å². The topological polar surface area (TPSA) is 62.1 Å². The van der Waals surface area contributed by atoms with Gasteiger partial charge in [-0.15, -0.1) is 0 Å². The second-order valence-corrected chi connectivity index (χ2v) is 9.79. The van der Waals surface area contributed by atoms with Gasteiger partial charge in [0.2, 0.25) is 5.91 Å². The van der Waals surface area contributed by atoms with Gasteiger partial charge in [0, 0.05) is 25.0 Å². The van der Waals surface area contributed by atoms with Crippen molar-refractivity contribution in [2.45, 2.75) is 115 Å². The molecule has 0 spiro atoms. The molecule has 3 unspecified atom stereocenters. The van der Waals surface area contributed by atoms with E-state index in [1.54, 1.807) is 0 Å². The van der Waals surface area contributed by atoms with Crippen LogP contribution in [-0.2, 0) is 16.1 Å². The highest BCUT2D eigenvalue weighted by atomic mass is 16.5. The molecule has 0 aromatic heterocycles.